The fourth-order valence-corrected chi connectivity index (χ4v) is 2.17. The van der Waals surface area contributed by atoms with Crippen LogP contribution >= 0.6 is 0 Å². The summed E-state index contributed by atoms with van der Waals surface area (Å²) in [6.07, 6.45) is 1.14. The maximum Gasteiger partial charge on any atom is 0.206 e. The standard InChI is InChI=1S/C13H18N2O4/c1-18-13-9-10(3-4-12(13)15(17)19-2)14-7-5-11(16)6-8-14/h3-4,9,15H,5-8H2,1-2H3. The molecule has 6 nitrogen and oxygen atoms in total. The van der Waals surface area contributed by atoms with E-state index in [1.54, 1.807) is 6.07 Å². The number of ketones is 1. The minimum Gasteiger partial charge on any atom is -0.595 e. The Balaban J connectivity index is 2.21. The summed E-state index contributed by atoms with van der Waals surface area (Å²) in [6.45, 7) is 1.42. The third-order valence-electron chi connectivity index (χ3n) is 3.28. The summed E-state index contributed by atoms with van der Waals surface area (Å²) in [7, 11) is 2.86. The van der Waals surface area contributed by atoms with Gasteiger partial charge in [0.05, 0.1) is 14.2 Å². The SMILES string of the molecule is COc1cc(N2CCC(=O)CC2)ccc1[NH+]([O-])OC. The number of quaternary nitrogens is 1. The molecule has 1 N–H and O–H groups in total. The van der Waals surface area contributed by atoms with Crippen LogP contribution in [0.2, 0.25) is 0 Å². The third-order valence-corrected chi connectivity index (χ3v) is 3.28. The molecule has 1 fully saturated rings. The Morgan fingerprint density at radius 2 is 1.95 bits per heavy atom. The lowest BCUT2D eigenvalue weighted by molar-refractivity contribution is -0.992. The average molecular weight is 266 g/mol. The van der Waals surface area contributed by atoms with Gasteiger partial charge in [-0.2, -0.15) is 5.23 Å². The lowest BCUT2D eigenvalue weighted by atomic mass is 10.1. The number of ether oxygens (including phenoxy) is 1. The first-order valence-electron chi connectivity index (χ1n) is 6.18. The third kappa shape index (κ3) is 3.04. The zero-order chi connectivity index (χ0) is 13.8. The van der Waals surface area contributed by atoms with Crippen molar-refractivity contribution in [2.45, 2.75) is 12.8 Å². The first-order chi connectivity index (χ1) is 9.15. The quantitative estimate of drug-likeness (QED) is 0.801. The molecule has 0 radical (unpaired) electrons. The maximum atomic E-state index is 11.6. The van der Waals surface area contributed by atoms with Gasteiger partial charge in [-0.3, -0.25) is 4.79 Å². The summed E-state index contributed by atoms with van der Waals surface area (Å²) in [4.78, 5) is 18.0. The molecule has 0 amide bonds. The second kappa shape index (κ2) is 6.01. The molecular weight excluding hydrogens is 248 g/mol. The van der Waals surface area contributed by atoms with Crippen molar-refractivity contribution in [1.82, 2.24) is 0 Å². The van der Waals surface area contributed by atoms with Crippen molar-refractivity contribution in [1.29, 1.82) is 0 Å². The Labute approximate surface area is 112 Å². The molecule has 1 aliphatic heterocycles. The molecule has 6 heteroatoms. The molecule has 0 saturated carbocycles. The minimum absolute atomic E-state index is 0.300. The fraction of sp³-hybridized carbons (Fsp3) is 0.462. The number of benzene rings is 1. The van der Waals surface area contributed by atoms with Gasteiger partial charge in [-0.15, -0.1) is 0 Å². The zero-order valence-corrected chi connectivity index (χ0v) is 11.1. The van der Waals surface area contributed by atoms with Crippen LogP contribution in [0.25, 0.3) is 0 Å². The van der Waals surface area contributed by atoms with Crippen LogP contribution < -0.4 is 14.9 Å². The van der Waals surface area contributed by atoms with Crippen LogP contribution in [-0.4, -0.2) is 33.1 Å². The Hall–Kier alpha value is -1.63. The summed E-state index contributed by atoms with van der Waals surface area (Å²) in [6, 6.07) is 5.35. The molecule has 1 heterocycles. The average Bonchev–Trinajstić information content (AvgIpc) is 2.46. The molecular formula is C13H18N2O4. The van der Waals surface area contributed by atoms with Gasteiger partial charge >= 0.3 is 0 Å². The molecule has 0 aliphatic carbocycles. The summed E-state index contributed by atoms with van der Waals surface area (Å²) < 4.78 is 5.23. The Bertz CT molecular complexity index is 454. The highest BCUT2D eigenvalue weighted by atomic mass is 16.9. The smallest absolute Gasteiger partial charge is 0.206 e. The summed E-state index contributed by atoms with van der Waals surface area (Å²) in [5, 5.41) is 11.1. The van der Waals surface area contributed by atoms with Gasteiger partial charge in [-0.1, -0.05) is 0 Å². The highest BCUT2D eigenvalue weighted by molar-refractivity contribution is 5.81. The Kier molecular flexibility index (Phi) is 4.36. The van der Waals surface area contributed by atoms with Crippen molar-refractivity contribution < 1.29 is 19.6 Å². The lowest BCUT2D eigenvalue weighted by Crippen LogP contribution is -3.00. The largest absolute Gasteiger partial charge is 0.595 e. The topological polar surface area (TPSA) is 66.3 Å². The van der Waals surface area contributed by atoms with E-state index in [-0.39, 0.29) is 0 Å². The maximum absolute atomic E-state index is 11.6. The van der Waals surface area contributed by atoms with Crippen LogP contribution in [0.4, 0.5) is 11.4 Å². The first-order valence-corrected chi connectivity index (χ1v) is 6.18. The number of rotatable bonds is 4. The van der Waals surface area contributed by atoms with Crippen LogP contribution in [0.1, 0.15) is 12.8 Å². The van der Waals surface area contributed by atoms with E-state index in [0.29, 0.717) is 43.2 Å². The first kappa shape index (κ1) is 13.8. The second-order valence-electron chi connectivity index (χ2n) is 4.40. The van der Waals surface area contributed by atoms with Crippen LogP contribution in [0.5, 0.6) is 5.75 Å². The molecule has 0 bridgehead atoms. The number of carbonyl (C=O) groups excluding carboxylic acids is 1. The number of piperidine rings is 1. The highest BCUT2D eigenvalue weighted by Crippen LogP contribution is 2.28. The van der Waals surface area contributed by atoms with Gasteiger partial charge in [0, 0.05) is 43.8 Å². The molecule has 0 spiro atoms. The van der Waals surface area contributed by atoms with Crippen LogP contribution in [0.3, 0.4) is 0 Å². The van der Waals surface area contributed by atoms with Crippen LogP contribution in [0, 0.1) is 5.21 Å². The lowest BCUT2D eigenvalue weighted by Gasteiger charge is -2.29. The summed E-state index contributed by atoms with van der Waals surface area (Å²) >= 11 is 0. The molecule has 1 aromatic carbocycles. The van der Waals surface area contributed by atoms with Crippen molar-refractivity contribution in [2.75, 3.05) is 32.2 Å². The predicted octanol–water partition coefficient (Wildman–Crippen LogP) is 0.440. The van der Waals surface area contributed by atoms with E-state index in [1.165, 1.54) is 14.2 Å². The zero-order valence-electron chi connectivity index (χ0n) is 11.1. The number of nitrogens with zero attached hydrogens (tertiary/aromatic N) is 1. The van der Waals surface area contributed by atoms with Gasteiger partial charge in [0.15, 0.2) is 5.75 Å². The van der Waals surface area contributed by atoms with Crippen molar-refractivity contribution in [3.05, 3.63) is 23.4 Å². The van der Waals surface area contributed by atoms with Gasteiger partial charge < -0.3 is 14.8 Å². The van der Waals surface area contributed by atoms with Crippen molar-refractivity contribution in [2.24, 2.45) is 0 Å². The van der Waals surface area contributed by atoms with E-state index in [9.17, 15) is 10.0 Å². The normalized spacial score (nSPS) is 17.4. The van der Waals surface area contributed by atoms with Gasteiger partial charge in [0.25, 0.3) is 0 Å². The fourth-order valence-electron chi connectivity index (χ4n) is 2.17. The molecule has 19 heavy (non-hydrogen) atoms. The molecule has 1 unspecified atom stereocenters. The molecule has 2 rings (SSSR count). The number of nitrogens with one attached hydrogen (secondary N) is 1. The highest BCUT2D eigenvalue weighted by Gasteiger charge is 2.19. The Morgan fingerprint density at radius 3 is 2.53 bits per heavy atom. The second-order valence-corrected chi connectivity index (χ2v) is 4.40. The molecule has 1 aromatic rings. The van der Waals surface area contributed by atoms with Crippen molar-refractivity contribution in [3.63, 3.8) is 0 Å². The minimum atomic E-state index is -0.419. The van der Waals surface area contributed by atoms with Gasteiger partial charge in [0.2, 0.25) is 5.69 Å². The van der Waals surface area contributed by atoms with Gasteiger partial charge in [0.1, 0.15) is 5.78 Å². The van der Waals surface area contributed by atoms with E-state index >= 15 is 0 Å². The summed E-state index contributed by atoms with van der Waals surface area (Å²) in [5.41, 5.74) is 1.36. The monoisotopic (exact) mass is 266 g/mol. The molecule has 1 saturated heterocycles. The molecule has 1 aliphatic rings. The van der Waals surface area contributed by atoms with E-state index in [2.05, 4.69) is 4.90 Å². The van der Waals surface area contributed by atoms with Crippen molar-refractivity contribution in [3.8, 4) is 5.75 Å². The van der Waals surface area contributed by atoms with E-state index < -0.39 is 5.23 Å². The summed E-state index contributed by atoms with van der Waals surface area (Å²) in [5.74, 6) is 0.788. The van der Waals surface area contributed by atoms with Crippen LogP contribution in [0.15, 0.2) is 18.2 Å². The molecule has 1 atom stereocenters. The van der Waals surface area contributed by atoms with Gasteiger partial charge in [-0.05, 0) is 6.07 Å². The number of methoxy groups -OCH3 is 1. The number of hydrogen-bond acceptors (Lipinski definition) is 5. The number of anilines is 1. The van der Waals surface area contributed by atoms with Gasteiger partial charge in [-0.25, -0.2) is 4.84 Å². The van der Waals surface area contributed by atoms with E-state index in [0.717, 1.165) is 5.69 Å². The molecule has 104 valence electrons. The molecule has 0 aromatic heterocycles. The van der Waals surface area contributed by atoms with E-state index in [4.69, 9.17) is 9.57 Å². The number of hydrogen-bond donors (Lipinski definition) is 1. The number of Topliss-reactive ketones (excluding diaryl/α,β-unsaturated/α-hetero) is 1. The van der Waals surface area contributed by atoms with Crippen molar-refractivity contribution >= 4 is 17.2 Å². The predicted molar refractivity (Wildman–Crippen MR) is 70.4 cm³/mol. The number of carbonyl (C=O) groups is 1. The van der Waals surface area contributed by atoms with E-state index in [1.807, 2.05) is 12.1 Å². The van der Waals surface area contributed by atoms with Crippen LogP contribution in [-0.2, 0) is 9.63 Å². The Morgan fingerprint density at radius 1 is 1.26 bits per heavy atom.